The highest BCUT2D eigenvalue weighted by molar-refractivity contribution is 6.05. The molecule has 0 radical (unpaired) electrons. The molecule has 1 aliphatic carbocycles. The Morgan fingerprint density at radius 2 is 1.96 bits per heavy atom. The monoisotopic (exact) mass is 351 g/mol. The molecule has 0 saturated heterocycles. The second-order valence-corrected chi connectivity index (χ2v) is 6.78. The lowest BCUT2D eigenvalue weighted by molar-refractivity contribution is -0.0716. The third-order valence-corrected chi connectivity index (χ3v) is 4.93. The van der Waals surface area contributed by atoms with Gasteiger partial charge in [0.2, 0.25) is 0 Å². The molecule has 1 amide bonds. The van der Waals surface area contributed by atoms with Gasteiger partial charge in [-0.2, -0.15) is 0 Å². The molecule has 2 aliphatic rings. The number of carbonyl (C=O) groups is 1. The van der Waals surface area contributed by atoms with Crippen molar-refractivity contribution >= 4 is 22.7 Å². The van der Waals surface area contributed by atoms with Crippen LogP contribution in [0.15, 0.2) is 35.0 Å². The number of amides is 1. The molecule has 26 heavy (non-hydrogen) atoms. The van der Waals surface area contributed by atoms with Gasteiger partial charge in [0.1, 0.15) is 0 Å². The number of nitrogens with one attached hydrogen (secondary N) is 1. The average molecular weight is 351 g/mol. The summed E-state index contributed by atoms with van der Waals surface area (Å²) in [5, 5.41) is 7.46. The number of pyridine rings is 1. The van der Waals surface area contributed by atoms with E-state index in [4.69, 9.17) is 14.0 Å². The van der Waals surface area contributed by atoms with Crippen molar-refractivity contribution in [2.24, 2.45) is 0 Å². The van der Waals surface area contributed by atoms with Crippen LogP contribution in [0.2, 0.25) is 0 Å². The van der Waals surface area contributed by atoms with Crippen LogP contribution in [-0.4, -0.2) is 21.8 Å². The number of ether oxygens (including phenoxy) is 2. The number of nitrogens with zero attached hydrogens (tertiary/aromatic N) is 2. The van der Waals surface area contributed by atoms with Crippen LogP contribution in [0.3, 0.4) is 0 Å². The average Bonchev–Trinajstić information content (AvgIpc) is 3.34. The summed E-state index contributed by atoms with van der Waals surface area (Å²) in [5.41, 5.74) is 2.21. The topological polar surface area (TPSA) is 86.5 Å². The van der Waals surface area contributed by atoms with E-state index in [1.807, 2.05) is 19.1 Å². The summed E-state index contributed by atoms with van der Waals surface area (Å²) in [6.07, 6.45) is 5.48. The summed E-state index contributed by atoms with van der Waals surface area (Å²) in [6.45, 7) is 1.81. The van der Waals surface area contributed by atoms with E-state index in [0.717, 1.165) is 36.8 Å². The lowest BCUT2D eigenvalue weighted by Gasteiger charge is -2.21. The summed E-state index contributed by atoms with van der Waals surface area (Å²) in [7, 11) is 0. The van der Waals surface area contributed by atoms with Crippen LogP contribution in [-0.2, 0) is 0 Å². The smallest absolute Gasteiger partial charge is 0.257 e. The van der Waals surface area contributed by atoms with E-state index in [1.165, 1.54) is 6.20 Å². The van der Waals surface area contributed by atoms with Crippen molar-refractivity contribution in [1.82, 2.24) is 10.1 Å². The minimum atomic E-state index is -0.508. The Morgan fingerprint density at radius 1 is 1.15 bits per heavy atom. The van der Waals surface area contributed by atoms with E-state index < -0.39 is 5.79 Å². The van der Waals surface area contributed by atoms with Gasteiger partial charge in [0.05, 0.1) is 16.6 Å². The predicted molar refractivity (Wildman–Crippen MR) is 93.4 cm³/mol. The van der Waals surface area contributed by atoms with Crippen LogP contribution in [0, 0.1) is 6.92 Å². The maximum atomic E-state index is 12.6. The van der Waals surface area contributed by atoms with Gasteiger partial charge in [-0.3, -0.25) is 4.79 Å². The summed E-state index contributed by atoms with van der Waals surface area (Å²) < 4.78 is 17.1. The van der Waals surface area contributed by atoms with Gasteiger partial charge in [-0.1, -0.05) is 5.16 Å². The quantitative estimate of drug-likeness (QED) is 0.755. The lowest BCUT2D eigenvalue weighted by Crippen LogP contribution is -2.34. The molecule has 1 aromatic carbocycles. The summed E-state index contributed by atoms with van der Waals surface area (Å²) in [4.78, 5) is 16.7. The second-order valence-electron chi connectivity index (χ2n) is 6.78. The van der Waals surface area contributed by atoms with Crippen LogP contribution in [0.1, 0.15) is 41.7 Å². The number of aryl methyl sites for hydroxylation is 1. The number of aromatic nitrogens is 2. The number of carbonyl (C=O) groups excluding carboxylic acids is 1. The van der Waals surface area contributed by atoms with Crippen molar-refractivity contribution in [3.63, 3.8) is 0 Å². The molecule has 3 aromatic rings. The second kappa shape index (κ2) is 5.45. The largest absolute Gasteiger partial charge is 0.448 e. The fourth-order valence-corrected chi connectivity index (χ4v) is 3.56. The Balaban J connectivity index is 1.38. The van der Waals surface area contributed by atoms with Gasteiger partial charge in [-0.05, 0) is 38.0 Å². The molecule has 5 rings (SSSR count). The molecule has 0 unspecified atom stereocenters. The zero-order chi connectivity index (χ0) is 17.7. The lowest BCUT2D eigenvalue weighted by atomic mass is 10.2. The molecule has 1 fully saturated rings. The van der Waals surface area contributed by atoms with Gasteiger partial charge in [-0.25, -0.2) is 4.98 Å². The number of anilines is 1. The first kappa shape index (κ1) is 15.2. The van der Waals surface area contributed by atoms with Gasteiger partial charge >= 0.3 is 0 Å². The Labute approximate surface area is 149 Å². The number of benzene rings is 1. The van der Waals surface area contributed by atoms with Crippen molar-refractivity contribution in [3.8, 4) is 11.5 Å². The molecule has 132 valence electrons. The van der Waals surface area contributed by atoms with Crippen LogP contribution >= 0.6 is 0 Å². The number of hydrogen-bond acceptors (Lipinski definition) is 6. The Hall–Kier alpha value is -3.09. The molecule has 1 saturated carbocycles. The highest BCUT2D eigenvalue weighted by Crippen LogP contribution is 2.47. The van der Waals surface area contributed by atoms with E-state index in [1.54, 1.807) is 12.1 Å². The Kier molecular flexibility index (Phi) is 3.19. The van der Waals surface area contributed by atoms with Crippen molar-refractivity contribution < 1.29 is 18.8 Å². The number of hydrogen-bond donors (Lipinski definition) is 1. The third kappa shape index (κ3) is 2.39. The summed E-state index contributed by atoms with van der Waals surface area (Å²) in [6, 6.07) is 7.18. The standard InChI is InChI=1S/C19H17N3O4/c1-11-14-8-12(10-20-18(14)26-22-11)17(23)21-13-4-5-15-16(9-13)25-19(24-15)6-2-3-7-19/h4-5,8-10H,2-3,6-7H2,1H3,(H,21,23). The zero-order valence-corrected chi connectivity index (χ0v) is 14.2. The Morgan fingerprint density at radius 3 is 2.81 bits per heavy atom. The fourth-order valence-electron chi connectivity index (χ4n) is 3.56. The zero-order valence-electron chi connectivity index (χ0n) is 14.2. The predicted octanol–water partition coefficient (Wildman–Crippen LogP) is 3.83. The van der Waals surface area contributed by atoms with Crippen LogP contribution in [0.4, 0.5) is 5.69 Å². The molecular formula is C19H17N3O4. The van der Waals surface area contributed by atoms with Gasteiger partial charge < -0.3 is 19.3 Å². The van der Waals surface area contributed by atoms with Crippen molar-refractivity contribution in [2.75, 3.05) is 5.32 Å². The normalized spacial score (nSPS) is 17.1. The van der Waals surface area contributed by atoms with E-state index >= 15 is 0 Å². The van der Waals surface area contributed by atoms with Crippen LogP contribution < -0.4 is 14.8 Å². The highest BCUT2D eigenvalue weighted by Gasteiger charge is 2.44. The van der Waals surface area contributed by atoms with Crippen LogP contribution in [0.5, 0.6) is 11.5 Å². The van der Waals surface area contributed by atoms with Crippen molar-refractivity contribution in [1.29, 1.82) is 0 Å². The maximum Gasteiger partial charge on any atom is 0.257 e. The fraction of sp³-hybridized carbons (Fsp3) is 0.316. The van der Waals surface area contributed by atoms with Gasteiger partial charge in [0.15, 0.2) is 11.5 Å². The van der Waals surface area contributed by atoms with Crippen molar-refractivity contribution in [2.45, 2.75) is 38.4 Å². The van der Waals surface area contributed by atoms with Gasteiger partial charge in [-0.15, -0.1) is 0 Å². The van der Waals surface area contributed by atoms with E-state index in [-0.39, 0.29) is 5.91 Å². The van der Waals surface area contributed by atoms with E-state index in [0.29, 0.717) is 28.4 Å². The molecule has 7 heteroatoms. The van der Waals surface area contributed by atoms with Crippen LogP contribution in [0.25, 0.3) is 11.1 Å². The first-order chi connectivity index (χ1) is 12.6. The number of fused-ring (bicyclic) bond motifs is 2. The van der Waals surface area contributed by atoms with E-state index in [9.17, 15) is 4.79 Å². The van der Waals surface area contributed by atoms with Gasteiger partial charge in [0.25, 0.3) is 17.4 Å². The molecule has 0 bridgehead atoms. The third-order valence-electron chi connectivity index (χ3n) is 4.93. The number of rotatable bonds is 2. The molecule has 1 N–H and O–H groups in total. The summed E-state index contributed by atoms with van der Waals surface area (Å²) >= 11 is 0. The minimum absolute atomic E-state index is 0.255. The minimum Gasteiger partial charge on any atom is -0.448 e. The molecule has 1 spiro atoms. The highest BCUT2D eigenvalue weighted by atomic mass is 16.7. The Bertz CT molecular complexity index is 1020. The molecular weight excluding hydrogens is 334 g/mol. The molecule has 2 aromatic heterocycles. The molecule has 7 nitrogen and oxygen atoms in total. The summed E-state index contributed by atoms with van der Waals surface area (Å²) in [5.74, 6) is 0.641. The molecule has 3 heterocycles. The first-order valence-corrected chi connectivity index (χ1v) is 8.67. The molecule has 1 aliphatic heterocycles. The van der Waals surface area contributed by atoms with Gasteiger partial charge in [0, 0.05) is 30.8 Å². The first-order valence-electron chi connectivity index (χ1n) is 8.67. The maximum absolute atomic E-state index is 12.6. The van der Waals surface area contributed by atoms with E-state index in [2.05, 4.69) is 15.5 Å². The SMILES string of the molecule is Cc1noc2ncc(C(=O)Nc3ccc4c(c3)OC3(CCCC3)O4)cc12. The van der Waals surface area contributed by atoms with Crippen molar-refractivity contribution in [3.05, 3.63) is 41.7 Å². The molecule has 0 atom stereocenters.